The summed E-state index contributed by atoms with van der Waals surface area (Å²) in [6.45, 7) is 0.592. The molecule has 0 fully saturated rings. The van der Waals surface area contributed by atoms with E-state index in [2.05, 4.69) is 5.32 Å². The predicted molar refractivity (Wildman–Crippen MR) is 59.1 cm³/mol. The second-order valence-corrected chi connectivity index (χ2v) is 3.62. The van der Waals surface area contributed by atoms with Crippen LogP contribution in [0.1, 0.15) is 16.8 Å². The zero-order valence-electron chi connectivity index (χ0n) is 7.59. The first-order valence-electron chi connectivity index (χ1n) is 4.34. The number of halogens is 2. The average Bonchev–Trinajstić information content (AvgIpc) is 2.18. The van der Waals surface area contributed by atoms with E-state index >= 15 is 0 Å². The van der Waals surface area contributed by atoms with Gasteiger partial charge in [-0.1, -0.05) is 17.7 Å². The van der Waals surface area contributed by atoms with Gasteiger partial charge in [0.15, 0.2) is 0 Å². The second-order valence-electron chi connectivity index (χ2n) is 2.81. The molecule has 1 amide bonds. The smallest absolute Gasteiger partial charge is 0.251 e. The Morgan fingerprint density at radius 2 is 2.21 bits per heavy atom. The van der Waals surface area contributed by atoms with E-state index in [1.54, 1.807) is 24.3 Å². The molecular weight excluding hydrogens is 221 g/mol. The minimum Gasteiger partial charge on any atom is -0.352 e. The Hall–Kier alpha value is -0.730. The first-order chi connectivity index (χ1) is 6.74. The fourth-order valence-electron chi connectivity index (χ4n) is 1.00. The average molecular weight is 232 g/mol. The molecule has 76 valence electrons. The minimum atomic E-state index is -0.113. The van der Waals surface area contributed by atoms with E-state index in [4.69, 9.17) is 23.2 Å². The van der Waals surface area contributed by atoms with Gasteiger partial charge in [0.05, 0.1) is 0 Å². The van der Waals surface area contributed by atoms with E-state index in [9.17, 15) is 4.79 Å². The van der Waals surface area contributed by atoms with Crippen LogP contribution >= 0.6 is 23.2 Å². The summed E-state index contributed by atoms with van der Waals surface area (Å²) in [5, 5.41) is 3.31. The van der Waals surface area contributed by atoms with Gasteiger partial charge in [-0.25, -0.2) is 0 Å². The molecule has 0 heterocycles. The highest BCUT2D eigenvalue weighted by Gasteiger charge is 2.03. The van der Waals surface area contributed by atoms with Crippen LogP contribution in [0.15, 0.2) is 24.3 Å². The van der Waals surface area contributed by atoms with Crippen LogP contribution in [0, 0.1) is 0 Å². The van der Waals surface area contributed by atoms with Crippen LogP contribution in [-0.4, -0.2) is 18.3 Å². The van der Waals surface area contributed by atoms with Gasteiger partial charge < -0.3 is 5.32 Å². The summed E-state index contributed by atoms with van der Waals surface area (Å²) in [4.78, 5) is 11.5. The van der Waals surface area contributed by atoms with Gasteiger partial charge in [-0.05, 0) is 24.6 Å². The fraction of sp³-hybridized carbons (Fsp3) is 0.300. The van der Waals surface area contributed by atoms with Crippen molar-refractivity contribution in [2.24, 2.45) is 0 Å². The van der Waals surface area contributed by atoms with E-state index in [1.165, 1.54) is 0 Å². The third-order valence-corrected chi connectivity index (χ3v) is 2.19. The number of alkyl halides is 1. The lowest BCUT2D eigenvalue weighted by molar-refractivity contribution is 0.0954. The molecule has 1 aromatic rings. The van der Waals surface area contributed by atoms with Gasteiger partial charge in [-0.2, -0.15) is 0 Å². The monoisotopic (exact) mass is 231 g/mol. The lowest BCUT2D eigenvalue weighted by atomic mass is 10.2. The molecule has 1 rings (SSSR count). The number of amides is 1. The first kappa shape index (κ1) is 11.3. The Morgan fingerprint density at radius 1 is 1.43 bits per heavy atom. The lowest BCUT2D eigenvalue weighted by Crippen LogP contribution is -2.24. The summed E-state index contributed by atoms with van der Waals surface area (Å²) in [6, 6.07) is 6.84. The van der Waals surface area contributed by atoms with Crippen molar-refractivity contribution in [3.63, 3.8) is 0 Å². The molecule has 0 aliphatic heterocycles. The standard InChI is InChI=1S/C10H11Cl2NO/c11-5-2-6-13-10(14)8-3-1-4-9(12)7-8/h1,3-4,7H,2,5-6H2,(H,13,14). The molecule has 2 nitrogen and oxygen atoms in total. The fourth-order valence-corrected chi connectivity index (χ4v) is 1.32. The SMILES string of the molecule is O=C(NCCCCl)c1cccc(Cl)c1. The lowest BCUT2D eigenvalue weighted by Gasteiger charge is -2.03. The molecule has 0 saturated heterocycles. The van der Waals surface area contributed by atoms with Crippen LogP contribution in [0.2, 0.25) is 5.02 Å². The maximum absolute atomic E-state index is 11.5. The Labute approximate surface area is 93.2 Å². The molecule has 0 saturated carbocycles. The van der Waals surface area contributed by atoms with Crippen LogP contribution in [0.4, 0.5) is 0 Å². The van der Waals surface area contributed by atoms with E-state index in [0.717, 1.165) is 6.42 Å². The van der Waals surface area contributed by atoms with Gasteiger partial charge >= 0.3 is 0 Å². The second kappa shape index (κ2) is 5.89. The highest BCUT2D eigenvalue weighted by atomic mass is 35.5. The van der Waals surface area contributed by atoms with Crippen LogP contribution in [0.5, 0.6) is 0 Å². The molecule has 0 radical (unpaired) electrons. The van der Waals surface area contributed by atoms with Gasteiger partial charge in [0.2, 0.25) is 0 Å². The van der Waals surface area contributed by atoms with E-state index in [1.807, 2.05) is 0 Å². The summed E-state index contributed by atoms with van der Waals surface area (Å²) in [6.07, 6.45) is 0.772. The Bertz CT molecular complexity index is 315. The van der Waals surface area contributed by atoms with Crippen molar-refractivity contribution >= 4 is 29.1 Å². The zero-order valence-corrected chi connectivity index (χ0v) is 9.11. The molecule has 14 heavy (non-hydrogen) atoms. The summed E-state index contributed by atoms with van der Waals surface area (Å²) < 4.78 is 0. The molecule has 0 aliphatic carbocycles. The van der Waals surface area contributed by atoms with Crippen LogP contribution in [0.25, 0.3) is 0 Å². The van der Waals surface area contributed by atoms with Crippen molar-refractivity contribution in [1.82, 2.24) is 5.32 Å². The summed E-state index contributed by atoms with van der Waals surface area (Å²) in [5.41, 5.74) is 0.576. The van der Waals surface area contributed by atoms with Crippen molar-refractivity contribution in [2.45, 2.75) is 6.42 Å². The van der Waals surface area contributed by atoms with Crippen LogP contribution < -0.4 is 5.32 Å². The summed E-state index contributed by atoms with van der Waals surface area (Å²) >= 11 is 11.2. The number of nitrogens with one attached hydrogen (secondary N) is 1. The predicted octanol–water partition coefficient (Wildman–Crippen LogP) is 2.70. The van der Waals surface area contributed by atoms with Gasteiger partial charge in [-0.15, -0.1) is 11.6 Å². The molecule has 0 atom stereocenters. The van der Waals surface area contributed by atoms with E-state index in [0.29, 0.717) is 23.0 Å². The van der Waals surface area contributed by atoms with E-state index in [-0.39, 0.29) is 5.91 Å². The maximum atomic E-state index is 11.5. The molecule has 4 heteroatoms. The Morgan fingerprint density at radius 3 is 2.86 bits per heavy atom. The summed E-state index contributed by atoms with van der Waals surface area (Å²) in [7, 11) is 0. The normalized spacial score (nSPS) is 9.86. The highest BCUT2D eigenvalue weighted by Crippen LogP contribution is 2.10. The van der Waals surface area contributed by atoms with Crippen molar-refractivity contribution in [2.75, 3.05) is 12.4 Å². The van der Waals surface area contributed by atoms with Crippen molar-refractivity contribution in [3.8, 4) is 0 Å². The minimum absolute atomic E-state index is 0.113. The number of hydrogen-bond acceptors (Lipinski definition) is 1. The van der Waals surface area contributed by atoms with Crippen LogP contribution in [0.3, 0.4) is 0 Å². The van der Waals surface area contributed by atoms with Crippen LogP contribution in [-0.2, 0) is 0 Å². The molecule has 1 N–H and O–H groups in total. The largest absolute Gasteiger partial charge is 0.352 e. The number of hydrogen-bond donors (Lipinski definition) is 1. The molecule has 1 aromatic carbocycles. The van der Waals surface area contributed by atoms with E-state index < -0.39 is 0 Å². The molecule has 0 unspecified atom stereocenters. The topological polar surface area (TPSA) is 29.1 Å². The zero-order chi connectivity index (χ0) is 10.4. The highest BCUT2D eigenvalue weighted by molar-refractivity contribution is 6.30. The van der Waals surface area contributed by atoms with Crippen molar-refractivity contribution in [1.29, 1.82) is 0 Å². The first-order valence-corrected chi connectivity index (χ1v) is 5.25. The molecule has 0 bridgehead atoms. The van der Waals surface area contributed by atoms with Gasteiger partial charge in [0.25, 0.3) is 5.91 Å². The quantitative estimate of drug-likeness (QED) is 0.627. The third kappa shape index (κ3) is 3.56. The van der Waals surface area contributed by atoms with Crippen molar-refractivity contribution < 1.29 is 4.79 Å². The Balaban J connectivity index is 2.52. The third-order valence-electron chi connectivity index (χ3n) is 1.68. The molecule has 0 spiro atoms. The van der Waals surface area contributed by atoms with Gasteiger partial charge in [0, 0.05) is 23.0 Å². The molecule has 0 aliphatic rings. The Kier molecular flexibility index (Phi) is 4.77. The van der Waals surface area contributed by atoms with Gasteiger partial charge in [-0.3, -0.25) is 4.79 Å². The number of rotatable bonds is 4. The number of carbonyl (C=O) groups excluding carboxylic acids is 1. The maximum Gasteiger partial charge on any atom is 0.251 e. The van der Waals surface area contributed by atoms with Crippen molar-refractivity contribution in [3.05, 3.63) is 34.9 Å². The molecule has 0 aromatic heterocycles. The van der Waals surface area contributed by atoms with Gasteiger partial charge in [0.1, 0.15) is 0 Å². The number of carbonyl (C=O) groups is 1. The molecular formula is C10H11Cl2NO. The number of benzene rings is 1. The summed E-state index contributed by atoms with van der Waals surface area (Å²) in [5.74, 6) is 0.438.